The van der Waals surface area contributed by atoms with Crippen molar-refractivity contribution in [3.05, 3.63) is 71.1 Å². The SMILES string of the molecule is C/C(=C\c1ccc(Cc2cccnc2)cc1)CCl. The average molecular weight is 258 g/mol. The molecule has 2 rings (SSSR count). The monoisotopic (exact) mass is 257 g/mol. The van der Waals surface area contributed by atoms with Gasteiger partial charge >= 0.3 is 0 Å². The Kier molecular flexibility index (Phi) is 4.54. The highest BCUT2D eigenvalue weighted by Crippen LogP contribution is 2.12. The molecule has 0 spiro atoms. The van der Waals surface area contributed by atoms with Gasteiger partial charge in [0.1, 0.15) is 0 Å². The summed E-state index contributed by atoms with van der Waals surface area (Å²) < 4.78 is 0. The zero-order chi connectivity index (χ0) is 12.8. The molecular formula is C16H16ClN. The van der Waals surface area contributed by atoms with Gasteiger partial charge in [0.25, 0.3) is 0 Å². The van der Waals surface area contributed by atoms with Crippen LogP contribution >= 0.6 is 11.6 Å². The Labute approximate surface area is 113 Å². The van der Waals surface area contributed by atoms with Crippen molar-refractivity contribution in [2.24, 2.45) is 0 Å². The van der Waals surface area contributed by atoms with Crippen molar-refractivity contribution in [3.8, 4) is 0 Å². The molecular weight excluding hydrogens is 242 g/mol. The second-order valence-corrected chi connectivity index (χ2v) is 4.67. The van der Waals surface area contributed by atoms with E-state index in [1.165, 1.54) is 22.3 Å². The third-order valence-electron chi connectivity index (χ3n) is 2.73. The molecule has 0 aliphatic heterocycles. The predicted molar refractivity (Wildman–Crippen MR) is 77.9 cm³/mol. The molecule has 0 atom stereocenters. The van der Waals surface area contributed by atoms with Gasteiger partial charge in [0, 0.05) is 18.3 Å². The van der Waals surface area contributed by atoms with Crippen LogP contribution in [0.15, 0.2) is 54.4 Å². The zero-order valence-electron chi connectivity index (χ0n) is 10.4. The van der Waals surface area contributed by atoms with Gasteiger partial charge in [-0.05, 0) is 36.1 Å². The van der Waals surface area contributed by atoms with E-state index in [1.807, 2.05) is 19.2 Å². The minimum Gasteiger partial charge on any atom is -0.264 e. The first-order valence-electron chi connectivity index (χ1n) is 5.99. The van der Waals surface area contributed by atoms with E-state index in [4.69, 9.17) is 11.6 Å². The fourth-order valence-corrected chi connectivity index (χ4v) is 1.87. The number of hydrogen-bond donors (Lipinski definition) is 0. The summed E-state index contributed by atoms with van der Waals surface area (Å²) in [6.07, 6.45) is 6.74. The topological polar surface area (TPSA) is 12.9 Å². The molecule has 0 N–H and O–H groups in total. The first-order valence-corrected chi connectivity index (χ1v) is 6.52. The van der Waals surface area contributed by atoms with E-state index in [0.29, 0.717) is 5.88 Å². The maximum atomic E-state index is 5.77. The van der Waals surface area contributed by atoms with Crippen LogP contribution in [0.3, 0.4) is 0 Å². The van der Waals surface area contributed by atoms with E-state index in [0.717, 1.165) is 6.42 Å². The summed E-state index contributed by atoms with van der Waals surface area (Å²) in [5, 5.41) is 0. The third-order valence-corrected chi connectivity index (χ3v) is 3.16. The van der Waals surface area contributed by atoms with Crippen LogP contribution in [0.4, 0.5) is 0 Å². The molecule has 1 nitrogen and oxygen atoms in total. The predicted octanol–water partition coefficient (Wildman–Crippen LogP) is 4.31. The maximum absolute atomic E-state index is 5.77. The van der Waals surface area contributed by atoms with E-state index < -0.39 is 0 Å². The Morgan fingerprint density at radius 3 is 2.56 bits per heavy atom. The minimum atomic E-state index is 0.581. The Morgan fingerprint density at radius 1 is 1.17 bits per heavy atom. The van der Waals surface area contributed by atoms with Crippen molar-refractivity contribution >= 4 is 17.7 Å². The van der Waals surface area contributed by atoms with Crippen molar-refractivity contribution in [1.29, 1.82) is 0 Å². The largest absolute Gasteiger partial charge is 0.264 e. The maximum Gasteiger partial charge on any atom is 0.0434 e. The first-order chi connectivity index (χ1) is 8.78. The van der Waals surface area contributed by atoms with Gasteiger partial charge in [0.2, 0.25) is 0 Å². The third kappa shape index (κ3) is 3.71. The summed E-state index contributed by atoms with van der Waals surface area (Å²) >= 11 is 5.77. The molecule has 2 heteroatoms. The van der Waals surface area contributed by atoms with Crippen LogP contribution in [0.1, 0.15) is 23.6 Å². The molecule has 0 saturated carbocycles. The molecule has 92 valence electrons. The molecule has 0 saturated heterocycles. The fourth-order valence-electron chi connectivity index (χ4n) is 1.79. The highest BCUT2D eigenvalue weighted by Gasteiger charge is 1.96. The molecule has 0 amide bonds. The molecule has 0 radical (unpaired) electrons. The lowest BCUT2D eigenvalue weighted by Gasteiger charge is -2.02. The molecule has 1 aromatic carbocycles. The van der Waals surface area contributed by atoms with Crippen molar-refractivity contribution in [2.45, 2.75) is 13.3 Å². The van der Waals surface area contributed by atoms with Crippen LogP contribution in [0.25, 0.3) is 6.08 Å². The van der Waals surface area contributed by atoms with Crippen molar-refractivity contribution < 1.29 is 0 Å². The highest BCUT2D eigenvalue weighted by atomic mass is 35.5. The van der Waals surface area contributed by atoms with Crippen molar-refractivity contribution in [1.82, 2.24) is 4.98 Å². The highest BCUT2D eigenvalue weighted by molar-refractivity contribution is 6.19. The van der Waals surface area contributed by atoms with Crippen LogP contribution in [-0.2, 0) is 6.42 Å². The lowest BCUT2D eigenvalue weighted by Crippen LogP contribution is -1.88. The molecule has 0 bridgehead atoms. The van der Waals surface area contributed by atoms with E-state index in [-0.39, 0.29) is 0 Å². The summed E-state index contributed by atoms with van der Waals surface area (Å²) in [7, 11) is 0. The van der Waals surface area contributed by atoms with Crippen molar-refractivity contribution in [3.63, 3.8) is 0 Å². The second kappa shape index (κ2) is 6.36. The van der Waals surface area contributed by atoms with Gasteiger partial charge in [0.15, 0.2) is 0 Å². The fraction of sp³-hybridized carbons (Fsp3) is 0.188. The number of hydrogen-bond acceptors (Lipinski definition) is 1. The average Bonchev–Trinajstić information content (AvgIpc) is 2.42. The van der Waals surface area contributed by atoms with Gasteiger partial charge in [-0.25, -0.2) is 0 Å². The molecule has 2 aromatic rings. The molecule has 0 fully saturated rings. The summed E-state index contributed by atoms with van der Waals surface area (Å²) in [5.74, 6) is 0.581. The number of pyridine rings is 1. The number of rotatable bonds is 4. The van der Waals surface area contributed by atoms with Crippen LogP contribution in [0, 0.1) is 0 Å². The van der Waals surface area contributed by atoms with Gasteiger partial charge in [-0.2, -0.15) is 0 Å². The Balaban J connectivity index is 2.09. The Bertz CT molecular complexity index is 515. The number of benzene rings is 1. The smallest absolute Gasteiger partial charge is 0.0434 e. The summed E-state index contributed by atoms with van der Waals surface area (Å²) in [5.41, 5.74) is 4.90. The van der Waals surface area contributed by atoms with Gasteiger partial charge in [-0.1, -0.05) is 42.0 Å². The molecule has 0 aliphatic rings. The number of halogens is 1. The summed E-state index contributed by atoms with van der Waals surface area (Å²) in [6.45, 7) is 2.04. The van der Waals surface area contributed by atoms with Crippen LogP contribution in [0.5, 0.6) is 0 Å². The van der Waals surface area contributed by atoms with E-state index in [2.05, 4.69) is 41.4 Å². The van der Waals surface area contributed by atoms with Crippen LogP contribution in [0.2, 0.25) is 0 Å². The summed E-state index contributed by atoms with van der Waals surface area (Å²) in [6, 6.07) is 12.6. The van der Waals surface area contributed by atoms with Gasteiger partial charge < -0.3 is 0 Å². The van der Waals surface area contributed by atoms with Gasteiger partial charge in [-0.15, -0.1) is 11.6 Å². The second-order valence-electron chi connectivity index (χ2n) is 4.40. The first kappa shape index (κ1) is 12.8. The number of aromatic nitrogens is 1. The minimum absolute atomic E-state index is 0.581. The van der Waals surface area contributed by atoms with Crippen LogP contribution in [-0.4, -0.2) is 10.9 Å². The van der Waals surface area contributed by atoms with E-state index >= 15 is 0 Å². The van der Waals surface area contributed by atoms with Gasteiger partial charge in [0.05, 0.1) is 0 Å². The molecule has 0 unspecified atom stereocenters. The van der Waals surface area contributed by atoms with Crippen LogP contribution < -0.4 is 0 Å². The Hall–Kier alpha value is -1.60. The molecule has 1 heterocycles. The lowest BCUT2D eigenvalue weighted by atomic mass is 10.0. The molecule has 18 heavy (non-hydrogen) atoms. The standard InChI is InChI=1S/C16H16ClN/c1-13(11-17)9-14-4-6-15(7-5-14)10-16-3-2-8-18-12-16/h2-9,12H,10-11H2,1H3/b13-9+. The van der Waals surface area contributed by atoms with Gasteiger partial charge in [-0.3, -0.25) is 4.98 Å². The normalized spacial score (nSPS) is 11.6. The lowest BCUT2D eigenvalue weighted by molar-refractivity contribution is 1.14. The Morgan fingerprint density at radius 2 is 1.94 bits per heavy atom. The summed E-state index contributed by atoms with van der Waals surface area (Å²) in [4.78, 5) is 4.12. The molecule has 1 aromatic heterocycles. The van der Waals surface area contributed by atoms with E-state index in [1.54, 1.807) is 6.20 Å². The van der Waals surface area contributed by atoms with Crippen molar-refractivity contribution in [2.75, 3.05) is 5.88 Å². The van der Waals surface area contributed by atoms with E-state index in [9.17, 15) is 0 Å². The number of allylic oxidation sites excluding steroid dienone is 1. The number of nitrogens with zero attached hydrogens (tertiary/aromatic N) is 1. The molecule has 0 aliphatic carbocycles. The number of alkyl halides is 1. The quantitative estimate of drug-likeness (QED) is 0.744. The zero-order valence-corrected chi connectivity index (χ0v) is 11.2.